The molecule has 0 fully saturated rings. The molecule has 118 valence electrons. The van der Waals surface area contributed by atoms with Crippen LogP contribution < -0.4 is 10.1 Å². The number of hydrogen-bond donors (Lipinski definition) is 2. The first kappa shape index (κ1) is 14.3. The number of hydrogen-bond acceptors (Lipinski definition) is 2. The lowest BCUT2D eigenvalue weighted by Crippen LogP contribution is -2.23. The smallest absolute Gasteiger partial charge is 0.147 e. The second kappa shape index (κ2) is 5.70. The third-order valence-electron chi connectivity index (χ3n) is 4.57. The number of rotatable bonds is 3. The summed E-state index contributed by atoms with van der Waals surface area (Å²) in [7, 11) is 1.67. The zero-order valence-electron chi connectivity index (χ0n) is 13.1. The van der Waals surface area contributed by atoms with E-state index in [-0.39, 0.29) is 5.82 Å². The highest BCUT2D eigenvalue weighted by Gasteiger charge is 2.19. The molecule has 0 unspecified atom stereocenters. The van der Waals surface area contributed by atoms with Gasteiger partial charge >= 0.3 is 0 Å². The molecule has 1 aliphatic heterocycles. The van der Waals surface area contributed by atoms with Gasteiger partial charge < -0.3 is 15.0 Å². The van der Waals surface area contributed by atoms with Crippen molar-refractivity contribution in [2.45, 2.75) is 19.4 Å². The van der Waals surface area contributed by atoms with Crippen LogP contribution in [0.3, 0.4) is 0 Å². The van der Waals surface area contributed by atoms with Crippen molar-refractivity contribution in [3.63, 3.8) is 0 Å². The molecule has 0 aliphatic carbocycles. The maximum atomic E-state index is 14.2. The fourth-order valence-corrected chi connectivity index (χ4v) is 3.45. The predicted octanol–water partition coefficient (Wildman–Crippen LogP) is 3.55. The summed E-state index contributed by atoms with van der Waals surface area (Å²) in [6, 6.07) is 11.5. The molecule has 2 aromatic carbocycles. The molecule has 0 saturated carbocycles. The van der Waals surface area contributed by atoms with Gasteiger partial charge in [-0.15, -0.1) is 0 Å². The second-order valence-corrected chi connectivity index (χ2v) is 5.99. The van der Waals surface area contributed by atoms with E-state index >= 15 is 0 Å². The summed E-state index contributed by atoms with van der Waals surface area (Å²) in [5.74, 6) is 0.669. The molecular weight excluding hydrogens is 291 g/mol. The summed E-state index contributed by atoms with van der Waals surface area (Å²) in [5.41, 5.74) is 5.32. The summed E-state index contributed by atoms with van der Waals surface area (Å²) < 4.78 is 19.5. The maximum absolute atomic E-state index is 14.2. The van der Waals surface area contributed by atoms with Crippen molar-refractivity contribution in [1.29, 1.82) is 0 Å². The van der Waals surface area contributed by atoms with E-state index in [2.05, 4.69) is 16.4 Å². The number of methoxy groups -OCH3 is 1. The average Bonchev–Trinajstić information content (AvgIpc) is 2.98. The van der Waals surface area contributed by atoms with Crippen LogP contribution in [0.2, 0.25) is 0 Å². The van der Waals surface area contributed by atoms with Crippen molar-refractivity contribution in [2.24, 2.45) is 0 Å². The van der Waals surface area contributed by atoms with Gasteiger partial charge in [0.2, 0.25) is 0 Å². The highest BCUT2D eigenvalue weighted by molar-refractivity contribution is 5.89. The SMILES string of the molecule is COc1cccc(Cc2ccc(F)c3[nH]c4c(c23)CNCC4)c1. The standard InChI is InChI=1S/C19H19FN2O/c1-23-14-4-2-3-12(10-14)9-13-5-6-16(20)19-18(13)15-11-21-8-7-17(15)22-19/h2-6,10,21-22H,7-9,11H2,1H3. The van der Waals surface area contributed by atoms with E-state index in [0.717, 1.165) is 53.9 Å². The van der Waals surface area contributed by atoms with Gasteiger partial charge in [0.25, 0.3) is 0 Å². The molecule has 0 spiro atoms. The molecule has 23 heavy (non-hydrogen) atoms. The van der Waals surface area contributed by atoms with E-state index in [1.54, 1.807) is 13.2 Å². The molecule has 3 nitrogen and oxygen atoms in total. The number of ether oxygens (including phenoxy) is 1. The maximum Gasteiger partial charge on any atom is 0.147 e. The monoisotopic (exact) mass is 310 g/mol. The molecule has 2 N–H and O–H groups in total. The van der Waals surface area contributed by atoms with Crippen molar-refractivity contribution in [3.8, 4) is 5.75 Å². The molecule has 3 aromatic rings. The molecular formula is C19H19FN2O. The highest BCUT2D eigenvalue weighted by Crippen LogP contribution is 2.31. The van der Waals surface area contributed by atoms with E-state index in [1.165, 1.54) is 5.56 Å². The van der Waals surface area contributed by atoms with Gasteiger partial charge in [0.15, 0.2) is 0 Å². The zero-order chi connectivity index (χ0) is 15.8. The highest BCUT2D eigenvalue weighted by atomic mass is 19.1. The van der Waals surface area contributed by atoms with Gasteiger partial charge in [0.05, 0.1) is 12.6 Å². The number of halogens is 1. The molecule has 0 amide bonds. The predicted molar refractivity (Wildman–Crippen MR) is 89.5 cm³/mol. The van der Waals surface area contributed by atoms with E-state index in [0.29, 0.717) is 5.52 Å². The Hall–Kier alpha value is -2.33. The Morgan fingerprint density at radius 1 is 1.22 bits per heavy atom. The van der Waals surface area contributed by atoms with Gasteiger partial charge in [0, 0.05) is 30.6 Å². The number of aromatic nitrogens is 1. The molecule has 4 heteroatoms. The average molecular weight is 310 g/mol. The number of aromatic amines is 1. The lowest BCUT2D eigenvalue weighted by Gasteiger charge is -2.14. The number of benzene rings is 2. The van der Waals surface area contributed by atoms with Crippen LogP contribution in [-0.4, -0.2) is 18.6 Å². The van der Waals surface area contributed by atoms with Crippen LogP contribution in [0.4, 0.5) is 4.39 Å². The largest absolute Gasteiger partial charge is 0.497 e. The minimum atomic E-state index is -0.177. The Morgan fingerprint density at radius 2 is 2.13 bits per heavy atom. The molecule has 4 rings (SSSR count). The van der Waals surface area contributed by atoms with Crippen LogP contribution in [0.5, 0.6) is 5.75 Å². The Bertz CT molecular complexity index is 869. The molecule has 1 aliphatic rings. The molecule has 0 saturated heterocycles. The van der Waals surface area contributed by atoms with Crippen molar-refractivity contribution < 1.29 is 9.13 Å². The summed E-state index contributed by atoms with van der Waals surface area (Å²) in [4.78, 5) is 3.29. The Labute approximate surface area is 134 Å². The molecule has 1 aromatic heterocycles. The Kier molecular flexibility index (Phi) is 3.54. The van der Waals surface area contributed by atoms with Crippen LogP contribution >= 0.6 is 0 Å². The van der Waals surface area contributed by atoms with Gasteiger partial charge in [-0.25, -0.2) is 4.39 Å². The lowest BCUT2D eigenvalue weighted by atomic mass is 9.97. The zero-order valence-corrected chi connectivity index (χ0v) is 13.1. The lowest BCUT2D eigenvalue weighted by molar-refractivity contribution is 0.414. The summed E-state index contributed by atoms with van der Waals surface area (Å²) in [6.07, 6.45) is 1.68. The topological polar surface area (TPSA) is 37.0 Å². The second-order valence-electron chi connectivity index (χ2n) is 5.99. The third-order valence-corrected chi connectivity index (χ3v) is 4.57. The van der Waals surface area contributed by atoms with Gasteiger partial charge in [0.1, 0.15) is 11.6 Å². The van der Waals surface area contributed by atoms with Gasteiger partial charge in [-0.05, 0) is 41.3 Å². The number of fused-ring (bicyclic) bond motifs is 3. The van der Waals surface area contributed by atoms with Gasteiger partial charge in [-0.1, -0.05) is 18.2 Å². The van der Waals surface area contributed by atoms with E-state index in [9.17, 15) is 4.39 Å². The fourth-order valence-electron chi connectivity index (χ4n) is 3.45. The number of H-pyrrole nitrogens is 1. The van der Waals surface area contributed by atoms with Crippen LogP contribution in [-0.2, 0) is 19.4 Å². The molecule has 2 heterocycles. The first-order valence-electron chi connectivity index (χ1n) is 7.90. The van der Waals surface area contributed by atoms with E-state index < -0.39 is 0 Å². The summed E-state index contributed by atoms with van der Waals surface area (Å²) >= 11 is 0. The van der Waals surface area contributed by atoms with Crippen LogP contribution in [0.25, 0.3) is 10.9 Å². The Morgan fingerprint density at radius 3 is 3.00 bits per heavy atom. The molecule has 0 bridgehead atoms. The van der Waals surface area contributed by atoms with Crippen molar-refractivity contribution in [1.82, 2.24) is 10.3 Å². The van der Waals surface area contributed by atoms with Crippen LogP contribution in [0.1, 0.15) is 22.4 Å². The Balaban J connectivity index is 1.83. The minimum Gasteiger partial charge on any atom is -0.497 e. The van der Waals surface area contributed by atoms with Crippen molar-refractivity contribution in [2.75, 3.05) is 13.7 Å². The van der Waals surface area contributed by atoms with Crippen LogP contribution in [0, 0.1) is 5.82 Å². The van der Waals surface area contributed by atoms with Crippen LogP contribution in [0.15, 0.2) is 36.4 Å². The normalized spacial score (nSPS) is 14.0. The van der Waals surface area contributed by atoms with Crippen molar-refractivity contribution >= 4 is 10.9 Å². The molecule has 0 atom stereocenters. The minimum absolute atomic E-state index is 0.177. The van der Waals surface area contributed by atoms with Gasteiger partial charge in [-0.2, -0.15) is 0 Å². The third kappa shape index (κ3) is 2.49. The van der Waals surface area contributed by atoms with E-state index in [1.807, 2.05) is 24.3 Å². The number of nitrogens with one attached hydrogen (secondary N) is 2. The van der Waals surface area contributed by atoms with Crippen molar-refractivity contribution in [3.05, 3.63) is 64.6 Å². The fraction of sp³-hybridized carbons (Fsp3) is 0.263. The summed E-state index contributed by atoms with van der Waals surface area (Å²) in [5, 5.41) is 4.42. The van der Waals surface area contributed by atoms with E-state index in [4.69, 9.17) is 4.74 Å². The molecule has 0 radical (unpaired) electrons. The quantitative estimate of drug-likeness (QED) is 0.776. The first-order valence-corrected chi connectivity index (χ1v) is 7.90. The van der Waals surface area contributed by atoms with Gasteiger partial charge in [-0.3, -0.25) is 0 Å². The summed E-state index contributed by atoms with van der Waals surface area (Å²) in [6.45, 7) is 1.73. The first-order chi connectivity index (χ1) is 11.3.